The number of amides is 1. The molecule has 2 aromatic rings. The Hall–Kier alpha value is -2.20. The van der Waals surface area contributed by atoms with Crippen LogP contribution in [0.3, 0.4) is 0 Å². The van der Waals surface area contributed by atoms with Gasteiger partial charge in [-0.25, -0.2) is 0 Å². The van der Waals surface area contributed by atoms with Crippen LogP contribution in [-0.4, -0.2) is 11.0 Å². The number of nitrogen functional groups attached to an aromatic ring is 1. The van der Waals surface area contributed by atoms with E-state index in [1.807, 2.05) is 0 Å². The number of nitrogens with one attached hydrogen (secondary N) is 1. The highest BCUT2D eigenvalue weighted by atomic mass is 35.5. The molecule has 5 heteroatoms. The van der Waals surface area contributed by atoms with Crippen molar-refractivity contribution in [3.63, 3.8) is 0 Å². The highest BCUT2D eigenvalue weighted by molar-refractivity contribution is 6.33. The van der Waals surface area contributed by atoms with Crippen molar-refractivity contribution in [3.8, 4) is 5.75 Å². The van der Waals surface area contributed by atoms with Gasteiger partial charge in [-0.3, -0.25) is 4.79 Å². The van der Waals surface area contributed by atoms with Crippen molar-refractivity contribution in [2.24, 2.45) is 0 Å². The molecule has 0 aliphatic rings. The van der Waals surface area contributed by atoms with Crippen LogP contribution in [0, 0.1) is 0 Å². The second-order valence-electron chi connectivity index (χ2n) is 3.71. The summed E-state index contributed by atoms with van der Waals surface area (Å²) >= 11 is 5.92. The number of anilines is 2. The lowest BCUT2D eigenvalue weighted by Gasteiger charge is -2.08. The first kappa shape index (κ1) is 12.3. The molecular formula is C13H11ClN2O2. The van der Waals surface area contributed by atoms with Crippen LogP contribution in [0.2, 0.25) is 5.02 Å². The normalized spacial score (nSPS) is 10.1. The minimum atomic E-state index is -0.465. The third kappa shape index (κ3) is 2.55. The summed E-state index contributed by atoms with van der Waals surface area (Å²) in [5, 5.41) is 12.6. The SMILES string of the molecule is Nc1ccc(O)c(C(=O)Nc2ccccc2Cl)c1. The molecule has 92 valence electrons. The van der Waals surface area contributed by atoms with Crippen molar-refractivity contribution < 1.29 is 9.90 Å². The fourth-order valence-electron chi connectivity index (χ4n) is 1.49. The smallest absolute Gasteiger partial charge is 0.259 e. The summed E-state index contributed by atoms with van der Waals surface area (Å²) in [6, 6.07) is 11.1. The van der Waals surface area contributed by atoms with Crippen molar-refractivity contribution in [2.45, 2.75) is 0 Å². The number of para-hydroxylation sites is 1. The third-order valence-corrected chi connectivity index (χ3v) is 2.72. The van der Waals surface area contributed by atoms with E-state index in [-0.39, 0.29) is 11.3 Å². The van der Waals surface area contributed by atoms with Gasteiger partial charge in [0.2, 0.25) is 0 Å². The van der Waals surface area contributed by atoms with E-state index in [0.29, 0.717) is 16.4 Å². The van der Waals surface area contributed by atoms with Crippen LogP contribution in [0.4, 0.5) is 11.4 Å². The summed E-state index contributed by atoms with van der Waals surface area (Å²) in [7, 11) is 0. The molecule has 0 saturated carbocycles. The van der Waals surface area contributed by atoms with E-state index in [4.69, 9.17) is 17.3 Å². The van der Waals surface area contributed by atoms with Crippen molar-refractivity contribution in [3.05, 3.63) is 53.1 Å². The summed E-state index contributed by atoms with van der Waals surface area (Å²) < 4.78 is 0. The van der Waals surface area contributed by atoms with Crippen molar-refractivity contribution >= 4 is 28.9 Å². The topological polar surface area (TPSA) is 75.3 Å². The maximum absolute atomic E-state index is 12.0. The van der Waals surface area contributed by atoms with Gasteiger partial charge < -0.3 is 16.2 Å². The lowest BCUT2D eigenvalue weighted by molar-refractivity contribution is 0.102. The molecule has 4 nitrogen and oxygen atoms in total. The highest BCUT2D eigenvalue weighted by Gasteiger charge is 2.12. The number of hydrogen-bond donors (Lipinski definition) is 3. The molecule has 2 aromatic carbocycles. The monoisotopic (exact) mass is 262 g/mol. The molecular weight excluding hydrogens is 252 g/mol. The number of nitrogens with two attached hydrogens (primary N) is 1. The summed E-state index contributed by atoms with van der Waals surface area (Å²) in [5.41, 5.74) is 6.56. The third-order valence-electron chi connectivity index (χ3n) is 2.39. The maximum Gasteiger partial charge on any atom is 0.259 e. The number of hydrogen-bond acceptors (Lipinski definition) is 3. The number of aromatic hydroxyl groups is 1. The first-order chi connectivity index (χ1) is 8.58. The van der Waals surface area contributed by atoms with Gasteiger partial charge in [0, 0.05) is 5.69 Å². The van der Waals surface area contributed by atoms with Crippen molar-refractivity contribution in [1.82, 2.24) is 0 Å². The Morgan fingerprint density at radius 2 is 1.94 bits per heavy atom. The molecule has 0 saturated heterocycles. The lowest BCUT2D eigenvalue weighted by Crippen LogP contribution is -2.12. The molecule has 0 spiro atoms. The zero-order valence-electron chi connectivity index (χ0n) is 9.35. The van der Waals surface area contributed by atoms with E-state index >= 15 is 0 Å². The van der Waals surface area contributed by atoms with Crippen LogP contribution in [0.1, 0.15) is 10.4 Å². The molecule has 0 radical (unpaired) electrons. The zero-order valence-corrected chi connectivity index (χ0v) is 10.1. The molecule has 18 heavy (non-hydrogen) atoms. The van der Waals surface area contributed by atoms with Gasteiger partial charge in [0.1, 0.15) is 5.75 Å². The van der Waals surface area contributed by atoms with Crippen molar-refractivity contribution in [2.75, 3.05) is 11.1 Å². The molecule has 0 bridgehead atoms. The Morgan fingerprint density at radius 3 is 2.67 bits per heavy atom. The average molecular weight is 263 g/mol. The van der Waals surface area contributed by atoms with E-state index in [1.165, 1.54) is 18.2 Å². The fraction of sp³-hybridized carbons (Fsp3) is 0. The Balaban J connectivity index is 2.28. The quantitative estimate of drug-likeness (QED) is 0.575. The highest BCUT2D eigenvalue weighted by Crippen LogP contribution is 2.24. The van der Waals surface area contributed by atoms with E-state index in [1.54, 1.807) is 24.3 Å². The largest absolute Gasteiger partial charge is 0.507 e. The van der Waals surface area contributed by atoms with Crippen LogP contribution in [0.15, 0.2) is 42.5 Å². The molecule has 0 atom stereocenters. The summed E-state index contributed by atoms with van der Waals surface area (Å²) in [5.74, 6) is -0.596. The van der Waals surface area contributed by atoms with Gasteiger partial charge in [0.05, 0.1) is 16.3 Å². The fourth-order valence-corrected chi connectivity index (χ4v) is 1.67. The van der Waals surface area contributed by atoms with Crippen LogP contribution < -0.4 is 11.1 Å². The van der Waals surface area contributed by atoms with Crippen LogP contribution in [-0.2, 0) is 0 Å². The number of benzene rings is 2. The number of rotatable bonds is 2. The Labute approximate surface area is 109 Å². The number of halogens is 1. The van der Waals surface area contributed by atoms with Crippen molar-refractivity contribution in [1.29, 1.82) is 0 Å². The number of carbonyl (C=O) groups is 1. The van der Waals surface area contributed by atoms with E-state index in [9.17, 15) is 9.90 Å². The van der Waals surface area contributed by atoms with Gasteiger partial charge in [-0.15, -0.1) is 0 Å². The molecule has 1 amide bonds. The molecule has 0 heterocycles. The van der Waals surface area contributed by atoms with Crippen LogP contribution >= 0.6 is 11.6 Å². The zero-order chi connectivity index (χ0) is 13.1. The Bertz CT molecular complexity index is 599. The molecule has 0 aliphatic heterocycles. The summed E-state index contributed by atoms with van der Waals surface area (Å²) in [6.45, 7) is 0. The average Bonchev–Trinajstić information content (AvgIpc) is 2.35. The predicted octanol–water partition coefficient (Wildman–Crippen LogP) is 2.88. The molecule has 0 aliphatic carbocycles. The lowest BCUT2D eigenvalue weighted by atomic mass is 10.1. The van der Waals surface area contributed by atoms with Gasteiger partial charge in [-0.2, -0.15) is 0 Å². The van der Waals surface area contributed by atoms with Gasteiger partial charge >= 0.3 is 0 Å². The molecule has 4 N–H and O–H groups in total. The summed E-state index contributed by atoms with van der Waals surface area (Å²) in [4.78, 5) is 12.0. The van der Waals surface area contributed by atoms with E-state index in [0.717, 1.165) is 0 Å². The van der Waals surface area contributed by atoms with Crippen LogP contribution in [0.5, 0.6) is 5.75 Å². The Kier molecular flexibility index (Phi) is 3.39. The number of carbonyl (C=O) groups excluding carboxylic acids is 1. The second-order valence-corrected chi connectivity index (χ2v) is 4.12. The van der Waals surface area contributed by atoms with Gasteiger partial charge in [0.25, 0.3) is 5.91 Å². The minimum Gasteiger partial charge on any atom is -0.507 e. The number of phenolic OH excluding ortho intramolecular Hbond substituents is 1. The van der Waals surface area contributed by atoms with Gasteiger partial charge in [-0.1, -0.05) is 23.7 Å². The minimum absolute atomic E-state index is 0.106. The molecule has 0 aromatic heterocycles. The molecule has 0 unspecified atom stereocenters. The first-order valence-electron chi connectivity index (χ1n) is 5.22. The van der Waals surface area contributed by atoms with Gasteiger partial charge in [-0.05, 0) is 30.3 Å². The predicted molar refractivity (Wildman–Crippen MR) is 71.9 cm³/mol. The van der Waals surface area contributed by atoms with E-state index < -0.39 is 5.91 Å². The summed E-state index contributed by atoms with van der Waals surface area (Å²) in [6.07, 6.45) is 0. The second kappa shape index (κ2) is 4.98. The van der Waals surface area contributed by atoms with E-state index in [2.05, 4.69) is 5.32 Å². The molecule has 2 rings (SSSR count). The molecule has 0 fully saturated rings. The standard InChI is InChI=1S/C13H11ClN2O2/c14-10-3-1-2-4-11(10)16-13(18)9-7-8(15)5-6-12(9)17/h1-7,17H,15H2,(H,16,18). The number of phenols is 1. The first-order valence-corrected chi connectivity index (χ1v) is 5.60. The van der Waals surface area contributed by atoms with Gasteiger partial charge in [0.15, 0.2) is 0 Å². The van der Waals surface area contributed by atoms with Crippen LogP contribution in [0.25, 0.3) is 0 Å². The Morgan fingerprint density at radius 1 is 1.22 bits per heavy atom. The maximum atomic E-state index is 12.0.